The molecule has 1 atom stereocenters. The van der Waals surface area contributed by atoms with Crippen LogP contribution in [0.4, 0.5) is 0 Å². The van der Waals surface area contributed by atoms with Crippen LogP contribution < -0.4 is 0 Å². The number of allylic oxidation sites excluding steroid dienone is 2. The third kappa shape index (κ3) is 1.67. The molecule has 12 heavy (non-hydrogen) atoms. The molecule has 0 bridgehead atoms. The van der Waals surface area contributed by atoms with Crippen LogP contribution in [0.5, 0.6) is 0 Å². The van der Waals surface area contributed by atoms with Crippen molar-refractivity contribution in [3.05, 3.63) is 23.7 Å². The molecule has 3 heteroatoms. The highest BCUT2D eigenvalue weighted by atomic mass is 16.5. The van der Waals surface area contributed by atoms with Crippen LogP contribution in [0.1, 0.15) is 13.3 Å². The van der Waals surface area contributed by atoms with E-state index in [0.29, 0.717) is 12.2 Å². The van der Waals surface area contributed by atoms with Crippen molar-refractivity contribution >= 4 is 5.78 Å². The monoisotopic (exact) mass is 168 g/mol. The molecule has 1 unspecified atom stereocenters. The highest BCUT2D eigenvalue weighted by Gasteiger charge is 2.18. The van der Waals surface area contributed by atoms with Crippen molar-refractivity contribution in [2.75, 3.05) is 7.11 Å². The van der Waals surface area contributed by atoms with Crippen molar-refractivity contribution in [2.45, 2.75) is 13.3 Å². The molecular formula is C9H12O3. The minimum atomic E-state index is -0.143. The molecule has 0 heterocycles. The lowest BCUT2D eigenvalue weighted by Gasteiger charge is -2.15. The van der Waals surface area contributed by atoms with E-state index in [0.717, 1.165) is 0 Å². The summed E-state index contributed by atoms with van der Waals surface area (Å²) in [5.74, 6) is 0.459. The fourth-order valence-corrected chi connectivity index (χ4v) is 1.13. The van der Waals surface area contributed by atoms with Gasteiger partial charge in [0.05, 0.1) is 7.11 Å². The first kappa shape index (κ1) is 8.84. The topological polar surface area (TPSA) is 46.5 Å². The van der Waals surface area contributed by atoms with Gasteiger partial charge in [0, 0.05) is 5.92 Å². The summed E-state index contributed by atoms with van der Waals surface area (Å²) in [4.78, 5) is 11.0. The van der Waals surface area contributed by atoms with Crippen molar-refractivity contribution in [2.24, 2.45) is 5.92 Å². The Balaban J connectivity index is 2.80. The molecule has 0 amide bonds. The van der Waals surface area contributed by atoms with Crippen LogP contribution >= 0.6 is 0 Å². The van der Waals surface area contributed by atoms with E-state index < -0.39 is 0 Å². The molecule has 0 saturated carbocycles. The maximum Gasteiger partial charge on any atom is 0.156 e. The van der Waals surface area contributed by atoms with E-state index in [4.69, 9.17) is 4.74 Å². The van der Waals surface area contributed by atoms with Crippen LogP contribution in [0.15, 0.2) is 23.7 Å². The highest BCUT2D eigenvalue weighted by molar-refractivity contribution is 5.80. The molecule has 0 aromatic rings. The molecule has 0 fully saturated rings. The Hall–Kier alpha value is -1.25. The number of ether oxygens (including phenoxy) is 1. The normalized spacial score (nSPS) is 22.7. The third-order valence-electron chi connectivity index (χ3n) is 1.91. The van der Waals surface area contributed by atoms with E-state index >= 15 is 0 Å². The molecule has 1 aliphatic rings. The summed E-state index contributed by atoms with van der Waals surface area (Å²) in [5, 5.41) is 9.23. The number of ketones is 1. The number of rotatable bonds is 2. The Morgan fingerprint density at radius 2 is 2.42 bits per heavy atom. The zero-order valence-electron chi connectivity index (χ0n) is 7.20. The summed E-state index contributed by atoms with van der Waals surface area (Å²) in [6, 6.07) is 0. The lowest BCUT2D eigenvalue weighted by molar-refractivity contribution is -0.119. The van der Waals surface area contributed by atoms with Crippen LogP contribution in [0.3, 0.4) is 0 Å². The zero-order valence-corrected chi connectivity index (χ0v) is 7.20. The maximum absolute atomic E-state index is 11.0. The smallest absolute Gasteiger partial charge is 0.156 e. The molecule has 1 N–H and O–H groups in total. The van der Waals surface area contributed by atoms with Crippen molar-refractivity contribution in [3.63, 3.8) is 0 Å². The van der Waals surface area contributed by atoms with Gasteiger partial charge < -0.3 is 9.84 Å². The number of carbonyl (C=O) groups is 1. The Bertz CT molecular complexity index is 250. The fraction of sp³-hybridized carbons (Fsp3) is 0.444. The number of aliphatic hydroxyl groups is 1. The third-order valence-corrected chi connectivity index (χ3v) is 1.91. The van der Waals surface area contributed by atoms with E-state index in [1.807, 2.05) is 0 Å². The molecule has 0 spiro atoms. The maximum atomic E-state index is 11.0. The average molecular weight is 168 g/mol. The van der Waals surface area contributed by atoms with Crippen LogP contribution in [0.2, 0.25) is 0 Å². The molecule has 0 aromatic heterocycles. The van der Waals surface area contributed by atoms with Crippen molar-refractivity contribution in [3.8, 4) is 0 Å². The predicted octanol–water partition coefficient (Wildman–Crippen LogP) is 1.57. The van der Waals surface area contributed by atoms with E-state index in [9.17, 15) is 9.90 Å². The average Bonchev–Trinajstić information content (AvgIpc) is 2.05. The highest BCUT2D eigenvalue weighted by Crippen LogP contribution is 2.21. The summed E-state index contributed by atoms with van der Waals surface area (Å²) < 4.78 is 4.87. The molecular weight excluding hydrogens is 156 g/mol. The molecule has 0 saturated heterocycles. The van der Waals surface area contributed by atoms with Gasteiger partial charge in [0.1, 0.15) is 5.78 Å². The van der Waals surface area contributed by atoms with E-state index in [-0.39, 0.29) is 17.5 Å². The van der Waals surface area contributed by atoms with Crippen molar-refractivity contribution < 1.29 is 14.6 Å². The van der Waals surface area contributed by atoms with Crippen molar-refractivity contribution in [1.82, 2.24) is 0 Å². The number of aliphatic hydroxyl groups excluding tert-OH is 1. The first-order valence-corrected chi connectivity index (χ1v) is 3.81. The van der Waals surface area contributed by atoms with Crippen LogP contribution in [-0.2, 0) is 9.53 Å². The number of hydrogen-bond acceptors (Lipinski definition) is 3. The van der Waals surface area contributed by atoms with Gasteiger partial charge in [0.15, 0.2) is 11.5 Å². The largest absolute Gasteiger partial charge is 0.504 e. The molecule has 1 aliphatic carbocycles. The number of methoxy groups -OCH3 is 1. The Labute approximate surface area is 71.3 Å². The van der Waals surface area contributed by atoms with E-state index in [2.05, 4.69) is 0 Å². The molecule has 0 aromatic carbocycles. The second-order valence-electron chi connectivity index (χ2n) is 2.78. The van der Waals surface area contributed by atoms with Crippen LogP contribution in [0.25, 0.3) is 0 Å². The molecule has 1 rings (SSSR count). The summed E-state index contributed by atoms with van der Waals surface area (Å²) in [6.45, 7) is 1.53. The van der Waals surface area contributed by atoms with Gasteiger partial charge in [-0.3, -0.25) is 4.79 Å². The minimum absolute atomic E-state index is 0.0910. The van der Waals surface area contributed by atoms with E-state index in [1.165, 1.54) is 14.0 Å². The molecule has 66 valence electrons. The quantitative estimate of drug-likeness (QED) is 0.680. The Morgan fingerprint density at radius 1 is 1.75 bits per heavy atom. The summed E-state index contributed by atoms with van der Waals surface area (Å²) >= 11 is 0. The van der Waals surface area contributed by atoms with Crippen LogP contribution in [0, 0.1) is 5.92 Å². The van der Waals surface area contributed by atoms with Crippen molar-refractivity contribution in [1.29, 1.82) is 0 Å². The lowest BCUT2D eigenvalue weighted by Crippen LogP contribution is -2.12. The van der Waals surface area contributed by atoms with Gasteiger partial charge in [-0.05, 0) is 25.5 Å². The van der Waals surface area contributed by atoms with Gasteiger partial charge in [-0.1, -0.05) is 0 Å². The molecule has 0 radical (unpaired) electrons. The SMILES string of the molecule is COC1=CC(C(C)=O)CC=C1O. The Kier molecular flexibility index (Phi) is 2.53. The second kappa shape index (κ2) is 3.43. The summed E-state index contributed by atoms with van der Waals surface area (Å²) in [6.07, 6.45) is 3.82. The number of hydrogen-bond donors (Lipinski definition) is 1. The van der Waals surface area contributed by atoms with Gasteiger partial charge in [-0.2, -0.15) is 0 Å². The second-order valence-corrected chi connectivity index (χ2v) is 2.78. The standard InChI is InChI=1S/C9H12O3/c1-6(10)7-3-4-8(11)9(5-7)12-2/h4-5,7,11H,3H2,1-2H3. The molecule has 0 aliphatic heterocycles. The zero-order chi connectivity index (χ0) is 9.14. The van der Waals surface area contributed by atoms with Gasteiger partial charge in [0.2, 0.25) is 0 Å². The first-order chi connectivity index (χ1) is 5.65. The summed E-state index contributed by atoms with van der Waals surface area (Å²) in [5.41, 5.74) is 0. The van der Waals surface area contributed by atoms with Crippen LogP contribution in [-0.4, -0.2) is 18.0 Å². The summed E-state index contributed by atoms with van der Waals surface area (Å²) in [7, 11) is 1.47. The van der Waals surface area contributed by atoms with E-state index in [1.54, 1.807) is 12.2 Å². The van der Waals surface area contributed by atoms with Gasteiger partial charge >= 0.3 is 0 Å². The number of Topliss-reactive ketones (excluding diaryl/α,β-unsaturated/α-hetero) is 1. The fourth-order valence-electron chi connectivity index (χ4n) is 1.13. The molecule has 3 nitrogen and oxygen atoms in total. The minimum Gasteiger partial charge on any atom is -0.504 e. The van der Waals surface area contributed by atoms with Gasteiger partial charge in [-0.25, -0.2) is 0 Å². The number of carbonyl (C=O) groups excluding carboxylic acids is 1. The van der Waals surface area contributed by atoms with Gasteiger partial charge in [0.25, 0.3) is 0 Å². The Morgan fingerprint density at radius 3 is 2.92 bits per heavy atom. The lowest BCUT2D eigenvalue weighted by atomic mass is 9.95. The first-order valence-electron chi connectivity index (χ1n) is 3.81. The van der Waals surface area contributed by atoms with Gasteiger partial charge in [-0.15, -0.1) is 0 Å². The predicted molar refractivity (Wildman–Crippen MR) is 44.6 cm³/mol.